The molecule has 0 atom stereocenters. The maximum Gasteiger partial charge on any atom is 0.283 e. The number of halogens is 1. The highest BCUT2D eigenvalue weighted by molar-refractivity contribution is 9.10. The maximum atomic E-state index is 12.0. The third-order valence-corrected chi connectivity index (χ3v) is 3.24. The Morgan fingerprint density at radius 2 is 2.28 bits per heavy atom. The molecule has 0 aliphatic rings. The summed E-state index contributed by atoms with van der Waals surface area (Å²) >= 11 is 3.30. The van der Waals surface area contributed by atoms with Crippen LogP contribution in [0.15, 0.2) is 27.9 Å². The molecule has 0 aromatic carbocycles. The van der Waals surface area contributed by atoms with Crippen LogP contribution in [-0.2, 0) is 6.54 Å². The molecule has 18 heavy (non-hydrogen) atoms. The Morgan fingerprint density at radius 1 is 1.50 bits per heavy atom. The van der Waals surface area contributed by atoms with Crippen LogP contribution in [0.4, 0.5) is 5.69 Å². The van der Waals surface area contributed by atoms with E-state index < -0.39 is 0 Å². The van der Waals surface area contributed by atoms with E-state index in [0.717, 1.165) is 5.56 Å². The second-order valence-corrected chi connectivity index (χ2v) is 4.97. The zero-order valence-electron chi connectivity index (χ0n) is 10.1. The molecule has 0 saturated heterocycles. The summed E-state index contributed by atoms with van der Waals surface area (Å²) in [6.45, 7) is 4.42. The van der Waals surface area contributed by atoms with Gasteiger partial charge in [0.05, 0.1) is 24.1 Å². The Balaban J connectivity index is 2.20. The molecule has 2 rings (SSSR count). The standard InChI is InChI=1S/C11H14BrN5O/c1-7(2)17-11(18)10(12)9(6-16-17)13-3-8-4-14-15-5-8/h4-7,13H,3H2,1-2H3,(H,14,15). The molecule has 7 heteroatoms. The minimum Gasteiger partial charge on any atom is -0.378 e. The third kappa shape index (κ3) is 2.61. The van der Waals surface area contributed by atoms with Crippen molar-refractivity contribution >= 4 is 21.6 Å². The smallest absolute Gasteiger partial charge is 0.283 e. The Labute approximate surface area is 113 Å². The molecule has 2 N–H and O–H groups in total. The van der Waals surface area contributed by atoms with Crippen LogP contribution in [0.2, 0.25) is 0 Å². The lowest BCUT2D eigenvalue weighted by atomic mass is 10.3. The van der Waals surface area contributed by atoms with E-state index in [4.69, 9.17) is 0 Å². The summed E-state index contributed by atoms with van der Waals surface area (Å²) in [7, 11) is 0. The fourth-order valence-corrected chi connectivity index (χ4v) is 1.93. The number of rotatable bonds is 4. The van der Waals surface area contributed by atoms with Gasteiger partial charge in [0.15, 0.2) is 0 Å². The van der Waals surface area contributed by atoms with Gasteiger partial charge in [-0.25, -0.2) is 4.68 Å². The Hall–Kier alpha value is -1.63. The van der Waals surface area contributed by atoms with Gasteiger partial charge in [-0.1, -0.05) is 0 Å². The fraction of sp³-hybridized carbons (Fsp3) is 0.364. The number of aromatic nitrogens is 4. The summed E-state index contributed by atoms with van der Waals surface area (Å²) in [6, 6.07) is 0.0386. The van der Waals surface area contributed by atoms with Gasteiger partial charge in [-0.2, -0.15) is 10.2 Å². The third-order valence-electron chi connectivity index (χ3n) is 2.47. The molecule has 0 bridgehead atoms. The Morgan fingerprint density at radius 3 is 2.89 bits per heavy atom. The van der Waals surface area contributed by atoms with Gasteiger partial charge in [-0.3, -0.25) is 9.89 Å². The van der Waals surface area contributed by atoms with Gasteiger partial charge in [0.2, 0.25) is 0 Å². The van der Waals surface area contributed by atoms with Gasteiger partial charge in [0, 0.05) is 18.3 Å². The number of nitrogens with zero attached hydrogens (tertiary/aromatic N) is 3. The maximum absolute atomic E-state index is 12.0. The summed E-state index contributed by atoms with van der Waals surface area (Å²) in [5, 5.41) is 13.9. The average molecular weight is 312 g/mol. The van der Waals surface area contributed by atoms with Crippen LogP contribution >= 0.6 is 15.9 Å². The first-order valence-corrected chi connectivity index (χ1v) is 6.37. The number of hydrogen-bond donors (Lipinski definition) is 2. The van der Waals surface area contributed by atoms with E-state index in [1.54, 1.807) is 18.6 Å². The molecular formula is C11H14BrN5O. The van der Waals surface area contributed by atoms with E-state index in [1.165, 1.54) is 4.68 Å². The summed E-state index contributed by atoms with van der Waals surface area (Å²) in [5.41, 5.74) is 1.55. The lowest BCUT2D eigenvalue weighted by Crippen LogP contribution is -2.26. The molecule has 0 fully saturated rings. The first kappa shape index (κ1) is 12.8. The average Bonchev–Trinajstić information content (AvgIpc) is 2.83. The number of hydrogen-bond acceptors (Lipinski definition) is 4. The van der Waals surface area contributed by atoms with Crippen molar-refractivity contribution < 1.29 is 0 Å². The number of aromatic amines is 1. The quantitative estimate of drug-likeness (QED) is 0.904. The number of anilines is 1. The summed E-state index contributed by atoms with van der Waals surface area (Å²) in [4.78, 5) is 12.0. The summed E-state index contributed by atoms with van der Waals surface area (Å²) in [6.07, 6.45) is 5.17. The minimum atomic E-state index is -0.137. The summed E-state index contributed by atoms with van der Waals surface area (Å²) in [5.74, 6) is 0. The zero-order chi connectivity index (χ0) is 13.1. The van der Waals surface area contributed by atoms with E-state index in [0.29, 0.717) is 16.7 Å². The van der Waals surface area contributed by atoms with Crippen LogP contribution < -0.4 is 10.9 Å². The van der Waals surface area contributed by atoms with Crippen LogP contribution in [0.5, 0.6) is 0 Å². The highest BCUT2D eigenvalue weighted by Gasteiger charge is 2.10. The first-order chi connectivity index (χ1) is 8.59. The van der Waals surface area contributed by atoms with E-state index in [9.17, 15) is 4.79 Å². The number of H-pyrrole nitrogens is 1. The van der Waals surface area contributed by atoms with Gasteiger partial charge < -0.3 is 5.32 Å². The van der Waals surface area contributed by atoms with Gasteiger partial charge in [-0.15, -0.1) is 0 Å². The zero-order valence-corrected chi connectivity index (χ0v) is 11.7. The lowest BCUT2D eigenvalue weighted by molar-refractivity contribution is 0.501. The van der Waals surface area contributed by atoms with E-state index in [-0.39, 0.29) is 11.6 Å². The van der Waals surface area contributed by atoms with Gasteiger partial charge in [-0.05, 0) is 29.8 Å². The largest absolute Gasteiger partial charge is 0.378 e. The predicted molar refractivity (Wildman–Crippen MR) is 72.5 cm³/mol. The highest BCUT2D eigenvalue weighted by atomic mass is 79.9. The molecule has 96 valence electrons. The molecule has 0 radical (unpaired) electrons. The molecule has 0 spiro atoms. The van der Waals surface area contributed by atoms with Crippen molar-refractivity contribution in [3.05, 3.63) is 39.0 Å². The summed E-state index contributed by atoms with van der Waals surface area (Å²) < 4.78 is 1.93. The lowest BCUT2D eigenvalue weighted by Gasteiger charge is -2.11. The van der Waals surface area contributed by atoms with Crippen molar-refractivity contribution in [2.75, 3.05) is 5.32 Å². The van der Waals surface area contributed by atoms with Crippen molar-refractivity contribution in [2.45, 2.75) is 26.4 Å². The molecule has 0 amide bonds. The molecule has 0 aliphatic heterocycles. The van der Waals surface area contributed by atoms with Gasteiger partial charge in [0.25, 0.3) is 5.56 Å². The van der Waals surface area contributed by atoms with E-state index in [2.05, 4.69) is 36.5 Å². The second kappa shape index (κ2) is 5.34. The Kier molecular flexibility index (Phi) is 3.81. The predicted octanol–water partition coefficient (Wildman–Crippen LogP) is 1.92. The van der Waals surface area contributed by atoms with Crippen molar-refractivity contribution in [1.82, 2.24) is 20.0 Å². The normalized spacial score (nSPS) is 10.9. The van der Waals surface area contributed by atoms with Crippen molar-refractivity contribution in [3.8, 4) is 0 Å². The van der Waals surface area contributed by atoms with Crippen molar-refractivity contribution in [1.29, 1.82) is 0 Å². The first-order valence-electron chi connectivity index (χ1n) is 5.58. The van der Waals surface area contributed by atoms with Crippen LogP contribution in [0.3, 0.4) is 0 Å². The molecular weight excluding hydrogens is 298 g/mol. The van der Waals surface area contributed by atoms with Gasteiger partial charge in [0.1, 0.15) is 4.47 Å². The van der Waals surface area contributed by atoms with Crippen molar-refractivity contribution in [2.24, 2.45) is 0 Å². The molecule has 2 aromatic heterocycles. The van der Waals surface area contributed by atoms with E-state index in [1.807, 2.05) is 13.8 Å². The fourth-order valence-electron chi connectivity index (χ4n) is 1.51. The molecule has 0 unspecified atom stereocenters. The van der Waals surface area contributed by atoms with Gasteiger partial charge >= 0.3 is 0 Å². The van der Waals surface area contributed by atoms with Crippen LogP contribution in [0, 0.1) is 0 Å². The molecule has 6 nitrogen and oxygen atoms in total. The molecule has 2 aromatic rings. The highest BCUT2D eigenvalue weighted by Crippen LogP contribution is 2.17. The molecule has 0 aliphatic carbocycles. The van der Waals surface area contributed by atoms with E-state index >= 15 is 0 Å². The SMILES string of the molecule is CC(C)n1ncc(NCc2cn[nH]c2)c(Br)c1=O. The van der Waals surface area contributed by atoms with Crippen LogP contribution in [-0.4, -0.2) is 20.0 Å². The van der Waals surface area contributed by atoms with Crippen LogP contribution in [0.1, 0.15) is 25.5 Å². The molecule has 2 heterocycles. The minimum absolute atomic E-state index is 0.0386. The monoisotopic (exact) mass is 311 g/mol. The Bertz CT molecular complexity index is 576. The molecule has 0 saturated carbocycles. The van der Waals surface area contributed by atoms with Crippen LogP contribution in [0.25, 0.3) is 0 Å². The second-order valence-electron chi connectivity index (χ2n) is 4.18. The topological polar surface area (TPSA) is 75.6 Å². The van der Waals surface area contributed by atoms with Crippen molar-refractivity contribution in [3.63, 3.8) is 0 Å². The number of nitrogens with one attached hydrogen (secondary N) is 2.